The van der Waals surface area contributed by atoms with Crippen molar-refractivity contribution < 1.29 is 14.3 Å². The molecule has 0 aliphatic rings. The molecule has 0 fully saturated rings. The topological polar surface area (TPSA) is 58.6 Å². The first-order valence-corrected chi connectivity index (χ1v) is 6.08. The Hall–Kier alpha value is -1.56. The number of rotatable bonds is 4. The van der Waals surface area contributed by atoms with Crippen molar-refractivity contribution in [1.82, 2.24) is 10.2 Å². The molecule has 0 unspecified atom stereocenters. The van der Waals surface area contributed by atoms with Gasteiger partial charge < -0.3 is 15.0 Å². The highest BCUT2D eigenvalue weighted by Gasteiger charge is 2.17. The molecule has 0 aliphatic carbocycles. The van der Waals surface area contributed by atoms with Gasteiger partial charge in [0.05, 0.1) is 19.2 Å². The van der Waals surface area contributed by atoms with E-state index in [2.05, 4.69) is 21.2 Å². The summed E-state index contributed by atoms with van der Waals surface area (Å²) in [5.74, 6) is 0.129. The minimum atomic E-state index is -0.246. The van der Waals surface area contributed by atoms with E-state index in [1.54, 1.807) is 25.2 Å². The molecule has 2 amide bonds. The van der Waals surface area contributed by atoms with E-state index in [-0.39, 0.29) is 18.4 Å². The zero-order valence-corrected chi connectivity index (χ0v) is 12.1. The number of carbonyl (C=O) groups is 2. The summed E-state index contributed by atoms with van der Waals surface area (Å²) < 4.78 is 5.74. The van der Waals surface area contributed by atoms with E-state index in [4.69, 9.17) is 4.74 Å². The summed E-state index contributed by atoms with van der Waals surface area (Å²) in [6.45, 7) is 0.0129. The second-order valence-corrected chi connectivity index (χ2v) is 4.53. The summed E-state index contributed by atoms with van der Waals surface area (Å²) in [5, 5.41) is 2.47. The van der Waals surface area contributed by atoms with Gasteiger partial charge in [0.1, 0.15) is 5.75 Å². The van der Waals surface area contributed by atoms with Crippen molar-refractivity contribution in [2.75, 3.05) is 27.7 Å². The Morgan fingerprint density at radius 2 is 2.11 bits per heavy atom. The lowest BCUT2D eigenvalue weighted by Crippen LogP contribution is -2.37. The molecule has 18 heavy (non-hydrogen) atoms. The Morgan fingerprint density at radius 1 is 1.44 bits per heavy atom. The van der Waals surface area contributed by atoms with Gasteiger partial charge in [-0.1, -0.05) is 0 Å². The maximum Gasteiger partial charge on any atom is 0.255 e. The van der Waals surface area contributed by atoms with E-state index in [9.17, 15) is 9.59 Å². The van der Waals surface area contributed by atoms with E-state index in [0.29, 0.717) is 15.8 Å². The van der Waals surface area contributed by atoms with Crippen molar-refractivity contribution in [1.29, 1.82) is 0 Å². The minimum absolute atomic E-state index is 0.0129. The van der Waals surface area contributed by atoms with E-state index < -0.39 is 0 Å². The number of benzene rings is 1. The SMILES string of the molecule is CNC(=O)CN(C)C(=O)c1cc(OC)ccc1Br. The molecule has 0 saturated heterocycles. The standard InChI is InChI=1S/C12H15BrN2O3/c1-14-11(16)7-15(2)12(17)9-6-8(18-3)4-5-10(9)13/h4-6H,7H2,1-3H3,(H,14,16). The largest absolute Gasteiger partial charge is 0.497 e. The number of likely N-dealkylation sites (N-methyl/N-ethyl adjacent to an activating group) is 2. The second kappa shape index (κ2) is 6.39. The van der Waals surface area contributed by atoms with Gasteiger partial charge in [0, 0.05) is 18.6 Å². The van der Waals surface area contributed by atoms with Crippen LogP contribution in [0.15, 0.2) is 22.7 Å². The molecule has 0 atom stereocenters. The number of hydrogen-bond donors (Lipinski definition) is 1. The number of ether oxygens (including phenoxy) is 1. The lowest BCUT2D eigenvalue weighted by molar-refractivity contribution is -0.121. The van der Waals surface area contributed by atoms with Gasteiger partial charge in [0.2, 0.25) is 5.91 Å². The molecule has 5 nitrogen and oxygen atoms in total. The average Bonchev–Trinajstić information content (AvgIpc) is 2.38. The van der Waals surface area contributed by atoms with Gasteiger partial charge in [0.25, 0.3) is 5.91 Å². The number of methoxy groups -OCH3 is 1. The summed E-state index contributed by atoms with van der Waals surface area (Å²) >= 11 is 3.31. The number of halogens is 1. The molecule has 0 heterocycles. The first kappa shape index (κ1) is 14.5. The number of carbonyl (C=O) groups excluding carboxylic acids is 2. The third kappa shape index (κ3) is 3.46. The van der Waals surface area contributed by atoms with E-state index >= 15 is 0 Å². The van der Waals surface area contributed by atoms with Crippen LogP contribution in [0.4, 0.5) is 0 Å². The quantitative estimate of drug-likeness (QED) is 0.910. The molecule has 1 N–H and O–H groups in total. The Bertz CT molecular complexity index is 463. The van der Waals surface area contributed by atoms with Crippen molar-refractivity contribution >= 4 is 27.7 Å². The normalized spacial score (nSPS) is 9.78. The zero-order chi connectivity index (χ0) is 13.7. The van der Waals surface area contributed by atoms with Crippen LogP contribution in [0.25, 0.3) is 0 Å². The second-order valence-electron chi connectivity index (χ2n) is 3.68. The third-order valence-corrected chi connectivity index (χ3v) is 3.10. The molecular formula is C12H15BrN2O3. The van der Waals surface area contributed by atoms with E-state index in [1.165, 1.54) is 19.1 Å². The van der Waals surface area contributed by atoms with Gasteiger partial charge in [-0.05, 0) is 34.1 Å². The number of nitrogens with zero attached hydrogens (tertiary/aromatic N) is 1. The van der Waals surface area contributed by atoms with Crippen LogP contribution in [0, 0.1) is 0 Å². The van der Waals surface area contributed by atoms with Gasteiger partial charge in [0.15, 0.2) is 0 Å². The predicted octanol–water partition coefficient (Wildman–Crippen LogP) is 1.28. The molecule has 1 aromatic rings. The summed E-state index contributed by atoms with van der Waals surface area (Å²) in [7, 11) is 4.64. The zero-order valence-electron chi connectivity index (χ0n) is 10.5. The van der Waals surface area contributed by atoms with Crippen LogP contribution in [0.1, 0.15) is 10.4 Å². The van der Waals surface area contributed by atoms with Crippen molar-refractivity contribution in [3.63, 3.8) is 0 Å². The highest BCUT2D eigenvalue weighted by Crippen LogP contribution is 2.23. The van der Waals surface area contributed by atoms with Crippen LogP contribution < -0.4 is 10.1 Å². The third-order valence-electron chi connectivity index (χ3n) is 2.41. The fraction of sp³-hybridized carbons (Fsp3) is 0.333. The first-order chi connectivity index (χ1) is 8.49. The molecule has 6 heteroatoms. The van der Waals surface area contributed by atoms with Crippen LogP contribution in [-0.4, -0.2) is 44.5 Å². The maximum absolute atomic E-state index is 12.1. The van der Waals surface area contributed by atoms with Crippen LogP contribution in [0.3, 0.4) is 0 Å². The van der Waals surface area contributed by atoms with Crippen molar-refractivity contribution in [2.45, 2.75) is 0 Å². The summed E-state index contributed by atoms with van der Waals surface area (Å²) in [6.07, 6.45) is 0. The van der Waals surface area contributed by atoms with Crippen molar-refractivity contribution in [3.8, 4) is 5.75 Å². The molecule has 0 aliphatic heterocycles. The summed E-state index contributed by atoms with van der Waals surface area (Å²) in [6, 6.07) is 5.12. The number of hydrogen-bond acceptors (Lipinski definition) is 3. The number of amides is 2. The van der Waals surface area contributed by atoms with Crippen LogP contribution >= 0.6 is 15.9 Å². The lowest BCUT2D eigenvalue weighted by atomic mass is 10.2. The van der Waals surface area contributed by atoms with Gasteiger partial charge in [-0.2, -0.15) is 0 Å². The molecular weight excluding hydrogens is 300 g/mol. The van der Waals surface area contributed by atoms with E-state index in [1.807, 2.05) is 0 Å². The van der Waals surface area contributed by atoms with Crippen LogP contribution in [0.2, 0.25) is 0 Å². The van der Waals surface area contributed by atoms with Gasteiger partial charge in [-0.3, -0.25) is 9.59 Å². The Balaban J connectivity index is 2.92. The molecule has 0 bridgehead atoms. The maximum atomic E-state index is 12.1. The summed E-state index contributed by atoms with van der Waals surface area (Å²) in [4.78, 5) is 24.7. The lowest BCUT2D eigenvalue weighted by Gasteiger charge is -2.17. The Kier molecular flexibility index (Phi) is 5.15. The predicted molar refractivity (Wildman–Crippen MR) is 71.7 cm³/mol. The Morgan fingerprint density at radius 3 is 2.67 bits per heavy atom. The molecule has 0 aromatic heterocycles. The van der Waals surface area contributed by atoms with Gasteiger partial charge >= 0.3 is 0 Å². The molecule has 0 saturated carbocycles. The highest BCUT2D eigenvalue weighted by atomic mass is 79.9. The molecule has 0 radical (unpaired) electrons. The number of nitrogens with one attached hydrogen (secondary N) is 1. The van der Waals surface area contributed by atoms with Crippen molar-refractivity contribution in [2.24, 2.45) is 0 Å². The molecule has 98 valence electrons. The van der Waals surface area contributed by atoms with Gasteiger partial charge in [-0.15, -0.1) is 0 Å². The molecule has 1 rings (SSSR count). The highest BCUT2D eigenvalue weighted by molar-refractivity contribution is 9.10. The van der Waals surface area contributed by atoms with Crippen LogP contribution in [0.5, 0.6) is 5.75 Å². The van der Waals surface area contributed by atoms with Crippen LogP contribution in [-0.2, 0) is 4.79 Å². The minimum Gasteiger partial charge on any atom is -0.497 e. The van der Waals surface area contributed by atoms with Crippen molar-refractivity contribution in [3.05, 3.63) is 28.2 Å². The Labute approximate surface area is 114 Å². The van der Waals surface area contributed by atoms with E-state index in [0.717, 1.165) is 0 Å². The average molecular weight is 315 g/mol. The fourth-order valence-corrected chi connectivity index (χ4v) is 1.78. The fourth-order valence-electron chi connectivity index (χ4n) is 1.37. The monoisotopic (exact) mass is 314 g/mol. The molecule has 1 aromatic carbocycles. The van der Waals surface area contributed by atoms with Gasteiger partial charge in [-0.25, -0.2) is 0 Å². The summed E-state index contributed by atoms with van der Waals surface area (Å²) in [5.41, 5.74) is 0.459. The molecule has 0 spiro atoms. The first-order valence-electron chi connectivity index (χ1n) is 5.29. The smallest absolute Gasteiger partial charge is 0.255 e.